The molecule has 0 fully saturated rings. The maximum absolute atomic E-state index is 13.5. The van der Waals surface area contributed by atoms with Gasteiger partial charge in [-0.3, -0.25) is 0 Å². The van der Waals surface area contributed by atoms with E-state index in [4.69, 9.17) is 4.74 Å². The Kier molecular flexibility index (Phi) is 5.33. The quantitative estimate of drug-likeness (QED) is 0.442. The Morgan fingerprint density at radius 1 is 1.09 bits per heavy atom. The highest BCUT2D eigenvalue weighted by Gasteiger charge is 2.34. The van der Waals surface area contributed by atoms with Crippen LogP contribution >= 0.6 is 0 Å². The molecule has 0 atom stereocenters. The van der Waals surface area contributed by atoms with E-state index in [0.29, 0.717) is 23.2 Å². The SMILES string of the molecule is COc1cc(-c2nc(Nc3ccc(F)c(C(F)(F)F)c3)n(C)n2)ccc1-n1cnc(C)c1. The minimum Gasteiger partial charge on any atom is -0.495 e. The molecule has 0 bridgehead atoms. The number of nitrogens with one attached hydrogen (secondary N) is 1. The first-order chi connectivity index (χ1) is 15.2. The van der Waals surface area contributed by atoms with Crippen LogP contribution in [-0.4, -0.2) is 31.4 Å². The predicted octanol–water partition coefficient (Wildman–Crippen LogP) is 4.89. The summed E-state index contributed by atoms with van der Waals surface area (Å²) in [4.78, 5) is 8.57. The van der Waals surface area contributed by atoms with Gasteiger partial charge in [-0.05, 0) is 43.3 Å². The van der Waals surface area contributed by atoms with E-state index < -0.39 is 17.6 Å². The van der Waals surface area contributed by atoms with E-state index in [1.807, 2.05) is 23.8 Å². The number of alkyl halides is 3. The summed E-state index contributed by atoms with van der Waals surface area (Å²) >= 11 is 0. The Bertz CT molecular complexity index is 1280. The molecule has 4 aromatic rings. The van der Waals surface area contributed by atoms with Gasteiger partial charge in [-0.1, -0.05) is 0 Å². The molecular weight excluding hydrogens is 428 g/mol. The zero-order valence-electron chi connectivity index (χ0n) is 17.3. The van der Waals surface area contributed by atoms with Crippen molar-refractivity contribution < 1.29 is 22.3 Å². The molecule has 0 amide bonds. The number of nitrogens with zero attached hydrogens (tertiary/aromatic N) is 5. The molecule has 2 heterocycles. The van der Waals surface area contributed by atoms with Gasteiger partial charge in [0.05, 0.1) is 30.4 Å². The monoisotopic (exact) mass is 446 g/mol. The highest BCUT2D eigenvalue weighted by atomic mass is 19.4. The van der Waals surface area contributed by atoms with E-state index in [2.05, 4.69) is 20.4 Å². The molecule has 4 rings (SSSR count). The molecule has 0 radical (unpaired) electrons. The second-order valence-electron chi connectivity index (χ2n) is 7.01. The lowest BCUT2D eigenvalue weighted by Gasteiger charge is -2.11. The topological polar surface area (TPSA) is 69.8 Å². The molecule has 0 aliphatic heterocycles. The normalized spacial score (nSPS) is 11.6. The summed E-state index contributed by atoms with van der Waals surface area (Å²) in [5, 5.41) is 7.07. The molecule has 7 nitrogen and oxygen atoms in total. The van der Waals surface area contributed by atoms with E-state index in [-0.39, 0.29) is 11.6 Å². The van der Waals surface area contributed by atoms with Crippen LogP contribution in [0.4, 0.5) is 29.2 Å². The highest BCUT2D eigenvalue weighted by Crippen LogP contribution is 2.34. The van der Waals surface area contributed by atoms with Gasteiger partial charge in [0.1, 0.15) is 11.6 Å². The Labute approximate surface area is 180 Å². The lowest BCUT2D eigenvalue weighted by atomic mass is 10.1. The molecule has 166 valence electrons. The summed E-state index contributed by atoms with van der Waals surface area (Å²) < 4.78 is 61.2. The van der Waals surface area contributed by atoms with Gasteiger partial charge in [-0.15, -0.1) is 5.10 Å². The Balaban J connectivity index is 1.64. The smallest absolute Gasteiger partial charge is 0.419 e. The van der Waals surface area contributed by atoms with Crippen molar-refractivity contribution >= 4 is 11.6 Å². The standard InChI is InChI=1S/C21H18F4N6O/c1-12-10-31(11-26-12)17-7-4-13(8-18(17)32-3)19-28-20(30(2)29-19)27-14-5-6-16(22)15(9-14)21(23,24)25/h4-11H,1-3H3,(H,27,28,29). The van der Waals surface area contributed by atoms with Gasteiger partial charge in [0.15, 0.2) is 5.82 Å². The second-order valence-corrected chi connectivity index (χ2v) is 7.01. The first kappa shape index (κ1) is 21.3. The maximum Gasteiger partial charge on any atom is 0.419 e. The van der Waals surface area contributed by atoms with E-state index in [1.54, 1.807) is 25.5 Å². The molecule has 0 saturated heterocycles. The van der Waals surface area contributed by atoms with Crippen molar-refractivity contribution in [3.63, 3.8) is 0 Å². The highest BCUT2D eigenvalue weighted by molar-refractivity contribution is 5.65. The molecule has 0 spiro atoms. The van der Waals surface area contributed by atoms with E-state index in [1.165, 1.54) is 17.9 Å². The minimum absolute atomic E-state index is 0.0316. The maximum atomic E-state index is 13.5. The van der Waals surface area contributed by atoms with Crippen molar-refractivity contribution in [1.82, 2.24) is 24.3 Å². The van der Waals surface area contributed by atoms with E-state index in [0.717, 1.165) is 17.4 Å². The van der Waals surface area contributed by atoms with Gasteiger partial charge in [-0.25, -0.2) is 14.1 Å². The van der Waals surface area contributed by atoms with Crippen molar-refractivity contribution in [1.29, 1.82) is 0 Å². The molecule has 11 heteroatoms. The van der Waals surface area contributed by atoms with Crippen LogP contribution in [0.1, 0.15) is 11.3 Å². The van der Waals surface area contributed by atoms with Crippen LogP contribution in [0.25, 0.3) is 17.1 Å². The fourth-order valence-electron chi connectivity index (χ4n) is 3.15. The first-order valence-corrected chi connectivity index (χ1v) is 9.40. The van der Waals surface area contributed by atoms with Gasteiger partial charge in [0, 0.05) is 24.5 Å². The number of aromatic nitrogens is 5. The number of aryl methyl sites for hydroxylation is 2. The third-order valence-electron chi connectivity index (χ3n) is 4.72. The van der Waals surface area contributed by atoms with Crippen LogP contribution in [0, 0.1) is 12.7 Å². The predicted molar refractivity (Wildman–Crippen MR) is 110 cm³/mol. The van der Waals surface area contributed by atoms with Crippen LogP contribution in [0.5, 0.6) is 5.75 Å². The van der Waals surface area contributed by atoms with Gasteiger partial charge in [-0.2, -0.15) is 18.2 Å². The molecule has 2 aromatic heterocycles. The Hall–Kier alpha value is -3.89. The summed E-state index contributed by atoms with van der Waals surface area (Å²) in [7, 11) is 3.13. The van der Waals surface area contributed by atoms with Gasteiger partial charge < -0.3 is 14.6 Å². The van der Waals surface area contributed by atoms with Crippen molar-refractivity contribution in [2.45, 2.75) is 13.1 Å². The molecule has 0 aliphatic rings. The fraction of sp³-hybridized carbons (Fsp3) is 0.190. The molecular formula is C21H18F4N6O. The first-order valence-electron chi connectivity index (χ1n) is 9.40. The van der Waals surface area contributed by atoms with Crippen molar-refractivity contribution in [2.24, 2.45) is 7.05 Å². The summed E-state index contributed by atoms with van der Waals surface area (Å²) in [6.07, 6.45) is -1.28. The molecule has 0 unspecified atom stereocenters. The number of anilines is 2. The average molecular weight is 446 g/mol. The fourth-order valence-corrected chi connectivity index (χ4v) is 3.15. The summed E-state index contributed by atoms with van der Waals surface area (Å²) in [5.74, 6) is -0.259. The molecule has 0 saturated carbocycles. The van der Waals surface area contributed by atoms with E-state index in [9.17, 15) is 17.6 Å². The van der Waals surface area contributed by atoms with Gasteiger partial charge in [0.2, 0.25) is 5.95 Å². The zero-order valence-corrected chi connectivity index (χ0v) is 17.3. The zero-order chi connectivity index (χ0) is 23.0. The third-order valence-corrected chi connectivity index (χ3v) is 4.72. The van der Waals surface area contributed by atoms with Crippen molar-refractivity contribution in [3.8, 4) is 22.8 Å². The van der Waals surface area contributed by atoms with Gasteiger partial charge in [0.25, 0.3) is 0 Å². The molecule has 0 aliphatic carbocycles. The van der Waals surface area contributed by atoms with Crippen LogP contribution in [0.3, 0.4) is 0 Å². The molecule has 32 heavy (non-hydrogen) atoms. The Morgan fingerprint density at radius 3 is 2.53 bits per heavy atom. The lowest BCUT2D eigenvalue weighted by molar-refractivity contribution is -0.139. The summed E-state index contributed by atoms with van der Waals surface area (Å²) in [6, 6.07) is 8.02. The number of methoxy groups -OCH3 is 1. The second kappa shape index (κ2) is 7.98. The van der Waals surface area contributed by atoms with Crippen LogP contribution in [0.15, 0.2) is 48.9 Å². The number of rotatable bonds is 5. The van der Waals surface area contributed by atoms with Crippen molar-refractivity contribution in [3.05, 3.63) is 66.0 Å². The summed E-state index contributed by atoms with van der Waals surface area (Å²) in [6.45, 7) is 1.88. The number of ether oxygens (including phenoxy) is 1. The van der Waals surface area contributed by atoms with Crippen molar-refractivity contribution in [2.75, 3.05) is 12.4 Å². The minimum atomic E-state index is -4.81. The van der Waals surface area contributed by atoms with Gasteiger partial charge >= 0.3 is 6.18 Å². The van der Waals surface area contributed by atoms with E-state index >= 15 is 0 Å². The molecule has 1 N–H and O–H groups in total. The largest absolute Gasteiger partial charge is 0.495 e. The Morgan fingerprint density at radius 2 is 1.88 bits per heavy atom. The van der Waals surface area contributed by atoms with Crippen LogP contribution in [-0.2, 0) is 13.2 Å². The average Bonchev–Trinajstić information content (AvgIpc) is 3.33. The number of benzene rings is 2. The number of hydrogen-bond donors (Lipinski definition) is 1. The number of halogens is 4. The summed E-state index contributed by atoms with van der Waals surface area (Å²) in [5.41, 5.74) is 0.940. The third kappa shape index (κ3) is 4.13. The van der Waals surface area contributed by atoms with Crippen LogP contribution in [0.2, 0.25) is 0 Å². The van der Waals surface area contributed by atoms with Crippen LogP contribution < -0.4 is 10.1 Å². The lowest BCUT2D eigenvalue weighted by Crippen LogP contribution is -2.09. The number of imidazole rings is 1. The number of hydrogen-bond acceptors (Lipinski definition) is 5. The molecule has 2 aromatic carbocycles.